The average Bonchev–Trinajstić information content (AvgIpc) is 3.06. The van der Waals surface area contributed by atoms with Crippen LogP contribution in [-0.2, 0) is 23.2 Å². The SMILES string of the molecule is COCCc1noc(CN2C[C@@H]3CCCC[C@]32c2ccccc2)n1. The van der Waals surface area contributed by atoms with Gasteiger partial charge in [0.25, 0.3) is 0 Å². The number of likely N-dealkylation sites (tertiary alicyclic amines) is 1. The molecular formula is C19H25N3O2. The number of methoxy groups -OCH3 is 1. The summed E-state index contributed by atoms with van der Waals surface area (Å²) in [5, 5.41) is 4.07. The van der Waals surface area contributed by atoms with Gasteiger partial charge in [0.15, 0.2) is 5.82 Å². The Bertz CT molecular complexity index is 672. The molecule has 1 saturated carbocycles. The summed E-state index contributed by atoms with van der Waals surface area (Å²) in [6, 6.07) is 11.0. The maximum atomic E-state index is 5.47. The summed E-state index contributed by atoms with van der Waals surface area (Å²) in [6.45, 7) is 2.49. The molecule has 0 radical (unpaired) electrons. The summed E-state index contributed by atoms with van der Waals surface area (Å²) in [6.07, 6.45) is 5.91. The van der Waals surface area contributed by atoms with Crippen LogP contribution in [0.2, 0.25) is 0 Å². The van der Waals surface area contributed by atoms with Crippen LogP contribution >= 0.6 is 0 Å². The molecule has 1 saturated heterocycles. The minimum Gasteiger partial charge on any atom is -0.384 e. The molecule has 4 rings (SSSR count). The molecule has 0 unspecified atom stereocenters. The molecule has 1 aliphatic heterocycles. The lowest BCUT2D eigenvalue weighted by Gasteiger charge is -2.61. The Morgan fingerprint density at radius 2 is 2.17 bits per heavy atom. The van der Waals surface area contributed by atoms with Gasteiger partial charge in [-0.3, -0.25) is 4.90 Å². The quantitative estimate of drug-likeness (QED) is 0.816. The molecular weight excluding hydrogens is 302 g/mol. The molecule has 5 heteroatoms. The molecule has 24 heavy (non-hydrogen) atoms. The van der Waals surface area contributed by atoms with Gasteiger partial charge in [0.2, 0.25) is 5.89 Å². The van der Waals surface area contributed by atoms with Crippen molar-refractivity contribution < 1.29 is 9.26 Å². The first kappa shape index (κ1) is 15.8. The number of fused-ring (bicyclic) bond motifs is 1. The third kappa shape index (κ3) is 2.66. The molecule has 5 nitrogen and oxygen atoms in total. The number of rotatable bonds is 6. The summed E-state index contributed by atoms with van der Waals surface area (Å²) < 4.78 is 10.6. The highest BCUT2D eigenvalue weighted by atomic mass is 16.5. The van der Waals surface area contributed by atoms with Crippen molar-refractivity contribution in [2.24, 2.45) is 5.92 Å². The van der Waals surface area contributed by atoms with E-state index < -0.39 is 0 Å². The number of nitrogens with zero attached hydrogens (tertiary/aromatic N) is 3. The minimum absolute atomic E-state index is 0.167. The van der Waals surface area contributed by atoms with Gasteiger partial charge in [0.05, 0.1) is 18.7 Å². The van der Waals surface area contributed by atoms with Gasteiger partial charge in [-0.25, -0.2) is 0 Å². The maximum absolute atomic E-state index is 5.47. The van der Waals surface area contributed by atoms with Gasteiger partial charge in [0.1, 0.15) is 0 Å². The van der Waals surface area contributed by atoms with Crippen LogP contribution in [0, 0.1) is 5.92 Å². The second-order valence-corrected chi connectivity index (χ2v) is 6.96. The lowest BCUT2D eigenvalue weighted by Crippen LogP contribution is -2.65. The minimum atomic E-state index is 0.167. The number of benzene rings is 1. The summed E-state index contributed by atoms with van der Waals surface area (Å²) in [5.74, 6) is 2.21. The Kier molecular flexibility index (Phi) is 4.37. The lowest BCUT2D eigenvalue weighted by atomic mass is 9.62. The van der Waals surface area contributed by atoms with Gasteiger partial charge < -0.3 is 9.26 Å². The fraction of sp³-hybridized carbons (Fsp3) is 0.579. The van der Waals surface area contributed by atoms with Crippen LogP contribution in [-0.4, -0.2) is 35.3 Å². The van der Waals surface area contributed by atoms with E-state index in [0.717, 1.165) is 30.7 Å². The van der Waals surface area contributed by atoms with Crippen LogP contribution in [0.15, 0.2) is 34.9 Å². The molecule has 1 aliphatic carbocycles. The van der Waals surface area contributed by atoms with E-state index in [1.54, 1.807) is 7.11 Å². The molecule has 0 amide bonds. The number of aromatic nitrogens is 2. The zero-order chi connectivity index (χ0) is 16.4. The van der Waals surface area contributed by atoms with E-state index >= 15 is 0 Å². The van der Waals surface area contributed by atoms with Gasteiger partial charge in [0, 0.05) is 20.1 Å². The molecule has 1 aromatic carbocycles. The van der Waals surface area contributed by atoms with Crippen molar-refractivity contribution in [3.8, 4) is 0 Å². The van der Waals surface area contributed by atoms with Crippen LogP contribution in [0.1, 0.15) is 43.0 Å². The predicted molar refractivity (Wildman–Crippen MR) is 90.4 cm³/mol. The Morgan fingerprint density at radius 3 is 2.96 bits per heavy atom. The second kappa shape index (κ2) is 6.65. The van der Waals surface area contributed by atoms with Gasteiger partial charge in [-0.05, 0) is 24.3 Å². The normalized spacial score (nSPS) is 26.8. The maximum Gasteiger partial charge on any atom is 0.240 e. The largest absolute Gasteiger partial charge is 0.384 e. The van der Waals surface area contributed by atoms with Gasteiger partial charge in [-0.15, -0.1) is 0 Å². The standard InChI is InChI=1S/C19H25N3O2/c1-23-12-10-17-20-18(24-21-17)14-22-13-16-9-5-6-11-19(16,22)15-7-3-2-4-8-15/h2-4,7-8,16H,5-6,9-14H2,1H3/t16-,19-/m0/s1. The third-order valence-corrected chi connectivity index (χ3v) is 5.68. The molecule has 2 aliphatic rings. The van der Waals surface area contributed by atoms with E-state index in [1.165, 1.54) is 31.2 Å². The van der Waals surface area contributed by atoms with E-state index in [9.17, 15) is 0 Å². The average molecular weight is 327 g/mol. The highest BCUT2D eigenvalue weighted by molar-refractivity contribution is 5.30. The molecule has 128 valence electrons. The fourth-order valence-corrected chi connectivity index (χ4v) is 4.51. The summed E-state index contributed by atoms with van der Waals surface area (Å²) in [7, 11) is 1.69. The van der Waals surface area contributed by atoms with Crippen molar-refractivity contribution in [3.05, 3.63) is 47.6 Å². The van der Waals surface area contributed by atoms with E-state index in [-0.39, 0.29) is 5.54 Å². The molecule has 2 aromatic rings. The lowest BCUT2D eigenvalue weighted by molar-refractivity contribution is -0.125. The van der Waals surface area contributed by atoms with Gasteiger partial charge in [-0.1, -0.05) is 48.3 Å². The van der Waals surface area contributed by atoms with E-state index in [1.807, 2.05) is 0 Å². The smallest absolute Gasteiger partial charge is 0.240 e. The number of hydrogen-bond acceptors (Lipinski definition) is 5. The molecule has 1 aromatic heterocycles. The topological polar surface area (TPSA) is 51.4 Å². The van der Waals surface area contributed by atoms with Crippen molar-refractivity contribution >= 4 is 0 Å². The van der Waals surface area contributed by atoms with Crippen LogP contribution in [0.25, 0.3) is 0 Å². The monoisotopic (exact) mass is 327 g/mol. The van der Waals surface area contributed by atoms with Crippen LogP contribution in [0.3, 0.4) is 0 Å². The highest BCUT2D eigenvalue weighted by Gasteiger charge is 2.55. The first-order valence-corrected chi connectivity index (χ1v) is 8.94. The van der Waals surface area contributed by atoms with Crippen molar-refractivity contribution in [2.75, 3.05) is 20.3 Å². The number of ether oxygens (including phenoxy) is 1. The first-order valence-electron chi connectivity index (χ1n) is 8.94. The van der Waals surface area contributed by atoms with Crippen LogP contribution in [0.4, 0.5) is 0 Å². The zero-order valence-corrected chi connectivity index (χ0v) is 14.3. The third-order valence-electron chi connectivity index (χ3n) is 5.68. The van der Waals surface area contributed by atoms with Gasteiger partial charge >= 0.3 is 0 Å². The Labute approximate surface area is 143 Å². The van der Waals surface area contributed by atoms with Crippen molar-refractivity contribution in [1.29, 1.82) is 0 Å². The van der Waals surface area contributed by atoms with Crippen molar-refractivity contribution in [2.45, 2.75) is 44.2 Å². The molecule has 2 atom stereocenters. The van der Waals surface area contributed by atoms with Crippen molar-refractivity contribution in [1.82, 2.24) is 15.0 Å². The first-order chi connectivity index (χ1) is 11.8. The molecule has 0 bridgehead atoms. The fourth-order valence-electron chi connectivity index (χ4n) is 4.51. The Balaban J connectivity index is 1.53. The summed E-state index contributed by atoms with van der Waals surface area (Å²) >= 11 is 0. The second-order valence-electron chi connectivity index (χ2n) is 6.96. The van der Waals surface area contributed by atoms with Crippen molar-refractivity contribution in [3.63, 3.8) is 0 Å². The Hall–Kier alpha value is -1.72. The summed E-state index contributed by atoms with van der Waals surface area (Å²) in [5.41, 5.74) is 1.61. The predicted octanol–water partition coefficient (Wildman–Crippen LogP) is 3.16. The molecule has 2 fully saturated rings. The Morgan fingerprint density at radius 1 is 1.29 bits per heavy atom. The zero-order valence-electron chi connectivity index (χ0n) is 14.3. The summed E-state index contributed by atoms with van der Waals surface area (Å²) in [4.78, 5) is 7.07. The molecule has 0 N–H and O–H groups in total. The highest BCUT2D eigenvalue weighted by Crippen LogP contribution is 2.54. The van der Waals surface area contributed by atoms with E-state index in [0.29, 0.717) is 13.0 Å². The van der Waals surface area contributed by atoms with E-state index in [2.05, 4.69) is 45.4 Å². The number of hydrogen-bond donors (Lipinski definition) is 0. The molecule has 2 heterocycles. The van der Waals surface area contributed by atoms with Crippen LogP contribution < -0.4 is 0 Å². The van der Waals surface area contributed by atoms with Crippen LogP contribution in [0.5, 0.6) is 0 Å². The van der Waals surface area contributed by atoms with Gasteiger partial charge in [-0.2, -0.15) is 4.98 Å². The van der Waals surface area contributed by atoms with E-state index in [4.69, 9.17) is 9.26 Å². The molecule has 0 spiro atoms.